The first kappa shape index (κ1) is 17.3. The molecule has 4 heterocycles. The van der Waals surface area contributed by atoms with Crippen molar-refractivity contribution in [2.45, 2.75) is 80.1 Å². The van der Waals surface area contributed by atoms with Gasteiger partial charge in [0.15, 0.2) is 11.5 Å². The molecule has 1 aromatic rings. The standard InChI is InChI=1S/C25H32N2O3/c28-18-6-5-17-11-19-25-8-7-23(29,14-27(25)13-16-3-4-16)22-24(25,20(17)21(18)30-22)9-10-26(19)12-15-1-2-15/h5-6,15-16,19,22,28-29H,1-4,7-14H2/t19-,22+,23-,24+,25-/m1/s1. The number of piperidine rings is 3. The second kappa shape index (κ2) is 5.19. The zero-order chi connectivity index (χ0) is 19.9. The smallest absolute Gasteiger partial charge is 0.165 e. The highest BCUT2D eigenvalue weighted by molar-refractivity contribution is 5.64. The molecule has 4 bridgehead atoms. The molecule has 0 amide bonds. The molecule has 1 aromatic carbocycles. The number of β-amino-alcohol motifs (C(OH)–C–C–N with tert-alkyl or cyclic N) is 1. The molecule has 6 fully saturated rings. The lowest BCUT2D eigenvalue weighted by molar-refractivity contribution is -0.267. The number of phenols is 1. The first-order valence-electron chi connectivity index (χ1n) is 12.3. The van der Waals surface area contributed by atoms with Gasteiger partial charge in [0.25, 0.3) is 0 Å². The molecular formula is C25H32N2O3. The van der Waals surface area contributed by atoms with Crippen LogP contribution in [0.5, 0.6) is 11.5 Å². The van der Waals surface area contributed by atoms with E-state index < -0.39 is 5.60 Å². The van der Waals surface area contributed by atoms with E-state index in [-0.39, 0.29) is 22.8 Å². The molecule has 160 valence electrons. The van der Waals surface area contributed by atoms with Gasteiger partial charge in [-0.05, 0) is 81.4 Å². The van der Waals surface area contributed by atoms with Crippen molar-refractivity contribution in [3.05, 3.63) is 23.3 Å². The van der Waals surface area contributed by atoms with Crippen LogP contribution in [0, 0.1) is 11.8 Å². The average molecular weight is 409 g/mol. The van der Waals surface area contributed by atoms with Crippen LogP contribution >= 0.6 is 0 Å². The highest BCUT2D eigenvalue weighted by Crippen LogP contribution is 2.71. The zero-order valence-corrected chi connectivity index (χ0v) is 17.6. The monoisotopic (exact) mass is 408 g/mol. The Kier molecular flexibility index (Phi) is 2.99. The van der Waals surface area contributed by atoms with Crippen LogP contribution in [-0.4, -0.2) is 69.5 Å². The van der Waals surface area contributed by atoms with Crippen molar-refractivity contribution < 1.29 is 14.9 Å². The first-order chi connectivity index (χ1) is 14.6. The fraction of sp³-hybridized carbons (Fsp3) is 0.760. The maximum absolute atomic E-state index is 12.0. The number of phenolic OH excluding ortho intramolecular Hbond substituents is 1. The minimum Gasteiger partial charge on any atom is -0.504 e. The number of rotatable bonds is 4. The Labute approximate surface area is 178 Å². The molecule has 0 aromatic heterocycles. The lowest BCUT2D eigenvalue weighted by atomic mass is 9.42. The van der Waals surface area contributed by atoms with Crippen LogP contribution in [0.3, 0.4) is 0 Å². The van der Waals surface area contributed by atoms with Crippen molar-refractivity contribution in [3.8, 4) is 11.5 Å². The minimum atomic E-state index is -0.806. The molecule has 5 nitrogen and oxygen atoms in total. The molecule has 3 saturated carbocycles. The second-order valence-electron chi connectivity index (χ2n) is 11.7. The minimum absolute atomic E-state index is 0.0456. The number of aliphatic hydroxyl groups is 1. The van der Waals surface area contributed by atoms with Gasteiger partial charge in [-0.2, -0.15) is 0 Å². The van der Waals surface area contributed by atoms with Crippen molar-refractivity contribution in [2.24, 2.45) is 11.8 Å². The normalized spacial score (nSPS) is 46.0. The third-order valence-electron chi connectivity index (χ3n) is 10.1. The Morgan fingerprint density at radius 2 is 1.83 bits per heavy atom. The van der Waals surface area contributed by atoms with Crippen molar-refractivity contribution in [2.75, 3.05) is 26.2 Å². The molecule has 4 aliphatic carbocycles. The summed E-state index contributed by atoms with van der Waals surface area (Å²) in [5, 5.41) is 22.7. The Morgan fingerprint density at radius 1 is 1.03 bits per heavy atom. The summed E-state index contributed by atoms with van der Waals surface area (Å²) in [5.74, 6) is 2.67. The molecule has 5 atom stereocenters. The molecule has 0 radical (unpaired) electrons. The van der Waals surface area contributed by atoms with Crippen LogP contribution in [-0.2, 0) is 11.8 Å². The van der Waals surface area contributed by atoms with Gasteiger partial charge in [-0.3, -0.25) is 9.80 Å². The van der Waals surface area contributed by atoms with Crippen LogP contribution in [0.2, 0.25) is 0 Å². The SMILES string of the molecule is Oc1ccc2c3c1O[C@H]1[C@@]4(O)CC[C@]5([C@@H](C2)N(CC2CC2)CC[C@]315)N(CC1CC1)C4. The van der Waals surface area contributed by atoms with E-state index in [1.54, 1.807) is 0 Å². The van der Waals surface area contributed by atoms with E-state index in [0.717, 1.165) is 57.2 Å². The van der Waals surface area contributed by atoms with Gasteiger partial charge in [-0.15, -0.1) is 0 Å². The van der Waals surface area contributed by atoms with E-state index in [4.69, 9.17) is 4.74 Å². The molecule has 9 rings (SSSR count). The fourth-order valence-corrected chi connectivity index (χ4v) is 8.71. The Hall–Kier alpha value is -1.30. The number of hydrogen-bond acceptors (Lipinski definition) is 5. The number of benzene rings is 1. The highest BCUT2D eigenvalue weighted by atomic mass is 16.5. The van der Waals surface area contributed by atoms with Crippen LogP contribution in [0.25, 0.3) is 0 Å². The van der Waals surface area contributed by atoms with Crippen molar-refractivity contribution in [1.29, 1.82) is 0 Å². The van der Waals surface area contributed by atoms with Gasteiger partial charge < -0.3 is 14.9 Å². The van der Waals surface area contributed by atoms with E-state index in [9.17, 15) is 10.2 Å². The zero-order valence-electron chi connectivity index (χ0n) is 17.6. The number of hydrogen-bond donors (Lipinski definition) is 2. The van der Waals surface area contributed by atoms with Gasteiger partial charge in [0.2, 0.25) is 0 Å². The number of fused-ring (bicyclic) bond motifs is 2. The van der Waals surface area contributed by atoms with E-state index >= 15 is 0 Å². The number of likely N-dealkylation sites (tertiary alicyclic amines) is 1. The molecule has 2 N–H and O–H groups in total. The average Bonchev–Trinajstić information content (AvgIpc) is 3.65. The van der Waals surface area contributed by atoms with Crippen molar-refractivity contribution in [3.63, 3.8) is 0 Å². The Morgan fingerprint density at radius 3 is 2.63 bits per heavy atom. The molecular weight excluding hydrogens is 376 g/mol. The number of aromatic hydroxyl groups is 1. The van der Waals surface area contributed by atoms with Crippen molar-refractivity contribution >= 4 is 0 Å². The molecule has 3 saturated heterocycles. The maximum Gasteiger partial charge on any atom is 0.165 e. The van der Waals surface area contributed by atoms with E-state index in [1.807, 2.05) is 6.07 Å². The summed E-state index contributed by atoms with van der Waals surface area (Å²) >= 11 is 0. The van der Waals surface area contributed by atoms with Crippen molar-refractivity contribution in [1.82, 2.24) is 9.80 Å². The van der Waals surface area contributed by atoms with Crippen LogP contribution in [0.15, 0.2) is 12.1 Å². The fourth-order valence-electron chi connectivity index (χ4n) is 8.71. The van der Waals surface area contributed by atoms with Gasteiger partial charge in [0.1, 0.15) is 11.7 Å². The van der Waals surface area contributed by atoms with Crippen LogP contribution in [0.1, 0.15) is 56.1 Å². The maximum atomic E-state index is 12.0. The molecule has 2 spiro atoms. The summed E-state index contributed by atoms with van der Waals surface area (Å²) in [6.45, 7) is 4.22. The summed E-state index contributed by atoms with van der Waals surface area (Å²) in [5.41, 5.74) is 1.71. The Balaban J connectivity index is 1.38. The van der Waals surface area contributed by atoms with E-state index in [2.05, 4.69) is 15.9 Å². The third kappa shape index (κ3) is 1.81. The molecule has 8 aliphatic rings. The largest absolute Gasteiger partial charge is 0.504 e. The summed E-state index contributed by atoms with van der Waals surface area (Å²) in [4.78, 5) is 5.59. The molecule has 5 heteroatoms. The summed E-state index contributed by atoms with van der Waals surface area (Å²) in [7, 11) is 0. The lowest BCUT2D eigenvalue weighted by Crippen LogP contribution is -2.89. The highest BCUT2D eigenvalue weighted by Gasteiger charge is 2.80. The van der Waals surface area contributed by atoms with Crippen LogP contribution < -0.4 is 4.74 Å². The number of ether oxygens (including phenoxy) is 1. The van der Waals surface area contributed by atoms with Gasteiger partial charge in [-0.25, -0.2) is 0 Å². The predicted octanol–water partition coefficient (Wildman–Crippen LogP) is 2.42. The predicted molar refractivity (Wildman–Crippen MR) is 112 cm³/mol. The summed E-state index contributed by atoms with van der Waals surface area (Å²) < 4.78 is 6.59. The van der Waals surface area contributed by atoms with E-state index in [0.29, 0.717) is 11.8 Å². The van der Waals surface area contributed by atoms with E-state index in [1.165, 1.54) is 43.4 Å². The molecule has 30 heavy (non-hydrogen) atoms. The third-order valence-corrected chi connectivity index (χ3v) is 10.1. The quantitative estimate of drug-likeness (QED) is 0.801. The van der Waals surface area contributed by atoms with Gasteiger partial charge in [-0.1, -0.05) is 6.07 Å². The Bertz CT molecular complexity index is 958. The van der Waals surface area contributed by atoms with Gasteiger partial charge in [0.05, 0.1) is 11.0 Å². The molecule has 4 aliphatic heterocycles. The lowest BCUT2D eigenvalue weighted by Gasteiger charge is -2.75. The van der Waals surface area contributed by atoms with Crippen LogP contribution in [0.4, 0.5) is 0 Å². The van der Waals surface area contributed by atoms with Gasteiger partial charge in [0, 0.05) is 31.2 Å². The summed E-state index contributed by atoms with van der Waals surface area (Å²) in [6.07, 6.45) is 9.28. The molecule has 0 unspecified atom stereocenters. The first-order valence-corrected chi connectivity index (χ1v) is 12.3. The number of nitrogens with zero attached hydrogens (tertiary/aromatic N) is 2. The van der Waals surface area contributed by atoms with Gasteiger partial charge >= 0.3 is 0 Å². The topological polar surface area (TPSA) is 56.2 Å². The second-order valence-corrected chi connectivity index (χ2v) is 11.7. The summed E-state index contributed by atoms with van der Waals surface area (Å²) in [6, 6.07) is 4.49.